The van der Waals surface area contributed by atoms with E-state index >= 15 is 0 Å². The van der Waals surface area contributed by atoms with Crippen molar-refractivity contribution in [3.05, 3.63) is 60.8 Å². The Kier molecular flexibility index (Phi) is 13.5. The number of benzene rings is 1. The number of aromatic amines is 1. The quantitative estimate of drug-likeness (QED) is 0.376. The van der Waals surface area contributed by atoms with E-state index in [0.717, 1.165) is 30.9 Å². The van der Waals surface area contributed by atoms with Crippen molar-refractivity contribution in [1.82, 2.24) is 20.3 Å². The Hall–Kier alpha value is -2.69. The predicted octanol–water partition coefficient (Wildman–Crippen LogP) is 6.34. The molecule has 1 aromatic carbocycles. The van der Waals surface area contributed by atoms with E-state index in [-0.39, 0.29) is 0 Å². The van der Waals surface area contributed by atoms with Crippen molar-refractivity contribution in [3.8, 4) is 0 Å². The molecule has 1 aliphatic rings. The van der Waals surface area contributed by atoms with Crippen molar-refractivity contribution in [2.45, 2.75) is 71.1 Å². The summed E-state index contributed by atoms with van der Waals surface area (Å²) < 4.78 is 0. The number of fused-ring (bicyclic) bond motifs is 1. The molecule has 0 saturated heterocycles. The first-order valence-electron chi connectivity index (χ1n) is 11.9. The zero-order valence-corrected chi connectivity index (χ0v) is 19.1. The van der Waals surface area contributed by atoms with Crippen LogP contribution in [0.15, 0.2) is 60.0 Å². The number of pyridine rings is 1. The molecular weight excluding hydrogens is 382 g/mol. The van der Waals surface area contributed by atoms with E-state index in [2.05, 4.69) is 44.3 Å². The van der Waals surface area contributed by atoms with E-state index in [9.17, 15) is 0 Å². The molecule has 3 heterocycles. The summed E-state index contributed by atoms with van der Waals surface area (Å²) in [5, 5.41) is 4.13. The molecule has 168 valence electrons. The molecule has 0 radical (unpaired) electrons. The van der Waals surface area contributed by atoms with Crippen LogP contribution >= 0.6 is 0 Å². The molecule has 0 fully saturated rings. The summed E-state index contributed by atoms with van der Waals surface area (Å²) in [4.78, 5) is 15.4. The standard InChI is InChI=1S/C14H26N2.C9H7N.C3H6N2/c1-2-3-4-5-6-7-8-9-10-11-14-15-12-13-16-14;1-2-6-9-8(4-1)5-3-7-10-9;1-2-5-3-4-1/h12-13H,2-11H2,1H3,(H,15,16);1-7H;3H,1-2H2,(H,4,5). The van der Waals surface area contributed by atoms with Gasteiger partial charge in [0.2, 0.25) is 0 Å². The molecule has 2 aromatic heterocycles. The molecule has 3 aromatic rings. The lowest BCUT2D eigenvalue weighted by Gasteiger charge is -2.01. The highest BCUT2D eigenvalue weighted by molar-refractivity contribution is 5.77. The average Bonchev–Trinajstić information content (AvgIpc) is 3.56. The van der Waals surface area contributed by atoms with Gasteiger partial charge in [-0.1, -0.05) is 82.6 Å². The summed E-state index contributed by atoms with van der Waals surface area (Å²) >= 11 is 0. The van der Waals surface area contributed by atoms with Crippen molar-refractivity contribution in [2.75, 3.05) is 13.1 Å². The second kappa shape index (κ2) is 17.0. The SMILES string of the molecule is C1=NCCN1.CCCCCCCCCCCc1ncc[nH]1.c1ccc2ncccc2c1. The number of para-hydroxylation sites is 1. The number of H-pyrrole nitrogens is 1. The fourth-order valence-corrected chi connectivity index (χ4v) is 3.38. The van der Waals surface area contributed by atoms with Crippen LogP contribution in [0.2, 0.25) is 0 Å². The van der Waals surface area contributed by atoms with Crippen LogP contribution in [0, 0.1) is 0 Å². The number of aryl methyl sites for hydroxylation is 1. The Balaban J connectivity index is 0.000000190. The molecule has 31 heavy (non-hydrogen) atoms. The van der Waals surface area contributed by atoms with E-state index in [1.165, 1.54) is 63.2 Å². The number of nitrogens with zero attached hydrogens (tertiary/aromatic N) is 3. The van der Waals surface area contributed by atoms with Crippen LogP contribution in [-0.4, -0.2) is 34.4 Å². The zero-order chi connectivity index (χ0) is 21.8. The van der Waals surface area contributed by atoms with Crippen molar-refractivity contribution in [3.63, 3.8) is 0 Å². The Morgan fingerprint density at radius 1 is 0.806 bits per heavy atom. The van der Waals surface area contributed by atoms with E-state index < -0.39 is 0 Å². The normalized spacial score (nSPS) is 11.9. The number of hydrogen-bond acceptors (Lipinski definition) is 4. The van der Waals surface area contributed by atoms with Crippen LogP contribution in [0.3, 0.4) is 0 Å². The van der Waals surface area contributed by atoms with Gasteiger partial charge < -0.3 is 10.3 Å². The molecule has 5 heteroatoms. The number of imidazole rings is 1. The van der Waals surface area contributed by atoms with Crippen molar-refractivity contribution in [1.29, 1.82) is 0 Å². The minimum Gasteiger partial charge on any atom is -0.375 e. The van der Waals surface area contributed by atoms with Crippen molar-refractivity contribution < 1.29 is 0 Å². The maximum absolute atomic E-state index is 4.23. The van der Waals surface area contributed by atoms with Crippen LogP contribution in [0.1, 0.15) is 70.5 Å². The van der Waals surface area contributed by atoms with Crippen molar-refractivity contribution >= 4 is 17.2 Å². The molecule has 1 aliphatic heterocycles. The van der Waals surface area contributed by atoms with Crippen LogP contribution in [0.5, 0.6) is 0 Å². The van der Waals surface area contributed by atoms with E-state index in [1.54, 1.807) is 6.34 Å². The van der Waals surface area contributed by atoms with Crippen LogP contribution in [0.4, 0.5) is 0 Å². The van der Waals surface area contributed by atoms with Gasteiger partial charge in [-0.2, -0.15) is 0 Å². The predicted molar refractivity (Wildman–Crippen MR) is 133 cm³/mol. The third-order valence-corrected chi connectivity index (χ3v) is 5.15. The highest BCUT2D eigenvalue weighted by atomic mass is 15.0. The van der Waals surface area contributed by atoms with Gasteiger partial charge in [0.05, 0.1) is 18.4 Å². The smallest absolute Gasteiger partial charge is 0.105 e. The van der Waals surface area contributed by atoms with Gasteiger partial charge >= 0.3 is 0 Å². The van der Waals surface area contributed by atoms with Gasteiger partial charge in [-0.3, -0.25) is 9.98 Å². The molecule has 2 N–H and O–H groups in total. The first-order valence-corrected chi connectivity index (χ1v) is 11.9. The molecule has 0 amide bonds. The molecule has 4 rings (SSSR count). The van der Waals surface area contributed by atoms with E-state index in [4.69, 9.17) is 0 Å². The summed E-state index contributed by atoms with van der Waals surface area (Å²) in [6, 6.07) is 12.1. The molecule has 0 unspecified atom stereocenters. The molecule has 5 nitrogen and oxygen atoms in total. The second-order valence-electron chi connectivity index (χ2n) is 7.80. The number of nitrogens with one attached hydrogen (secondary N) is 2. The lowest BCUT2D eigenvalue weighted by Crippen LogP contribution is -2.04. The number of hydrogen-bond donors (Lipinski definition) is 2. The summed E-state index contributed by atoms with van der Waals surface area (Å²) in [7, 11) is 0. The highest BCUT2D eigenvalue weighted by Gasteiger charge is 1.95. The van der Waals surface area contributed by atoms with Gasteiger partial charge in [0.1, 0.15) is 5.82 Å². The summed E-state index contributed by atoms with van der Waals surface area (Å²) in [6.45, 7) is 4.26. The molecular formula is C26H39N5. The molecule has 0 spiro atoms. The molecule has 0 atom stereocenters. The highest BCUT2D eigenvalue weighted by Crippen LogP contribution is 2.10. The third kappa shape index (κ3) is 11.9. The molecule has 0 aliphatic carbocycles. The van der Waals surface area contributed by atoms with Gasteiger partial charge in [0.25, 0.3) is 0 Å². The zero-order valence-electron chi connectivity index (χ0n) is 19.1. The average molecular weight is 422 g/mol. The van der Waals surface area contributed by atoms with Gasteiger partial charge in [-0.15, -0.1) is 0 Å². The minimum absolute atomic E-state index is 0.958. The number of rotatable bonds is 10. The topological polar surface area (TPSA) is 66.0 Å². The van der Waals surface area contributed by atoms with E-state index in [1.807, 2.05) is 42.9 Å². The Morgan fingerprint density at radius 2 is 1.55 bits per heavy atom. The first kappa shape index (κ1) is 24.6. The monoisotopic (exact) mass is 421 g/mol. The Bertz CT molecular complexity index is 742. The maximum Gasteiger partial charge on any atom is 0.105 e. The third-order valence-electron chi connectivity index (χ3n) is 5.15. The van der Waals surface area contributed by atoms with Gasteiger partial charge in [-0.05, 0) is 18.6 Å². The van der Waals surface area contributed by atoms with Gasteiger partial charge in [0, 0.05) is 36.9 Å². The summed E-state index contributed by atoms with van der Waals surface area (Å²) in [5.41, 5.74) is 1.06. The fraction of sp³-hybridized carbons (Fsp3) is 0.500. The minimum atomic E-state index is 0.958. The Labute approximate surface area is 187 Å². The number of unbranched alkanes of at least 4 members (excludes halogenated alkanes) is 8. The summed E-state index contributed by atoms with van der Waals surface area (Å²) in [5.74, 6) is 1.14. The fourth-order valence-electron chi connectivity index (χ4n) is 3.38. The van der Waals surface area contributed by atoms with Gasteiger partial charge in [0.15, 0.2) is 0 Å². The van der Waals surface area contributed by atoms with Crippen molar-refractivity contribution in [2.24, 2.45) is 4.99 Å². The lowest BCUT2D eigenvalue weighted by atomic mass is 10.1. The largest absolute Gasteiger partial charge is 0.375 e. The number of aliphatic imine (C=N–C) groups is 1. The van der Waals surface area contributed by atoms with Gasteiger partial charge in [-0.25, -0.2) is 4.98 Å². The molecule has 0 bridgehead atoms. The summed E-state index contributed by atoms with van der Waals surface area (Å²) in [6.07, 6.45) is 20.9. The van der Waals surface area contributed by atoms with Crippen LogP contribution in [-0.2, 0) is 6.42 Å². The maximum atomic E-state index is 4.23. The number of aromatic nitrogens is 3. The lowest BCUT2D eigenvalue weighted by molar-refractivity contribution is 0.562. The van der Waals surface area contributed by atoms with E-state index in [0.29, 0.717) is 0 Å². The van der Waals surface area contributed by atoms with Crippen LogP contribution < -0.4 is 5.32 Å². The molecule has 0 saturated carbocycles. The second-order valence-corrected chi connectivity index (χ2v) is 7.80. The van der Waals surface area contributed by atoms with Crippen LogP contribution in [0.25, 0.3) is 10.9 Å². The Morgan fingerprint density at radius 3 is 2.16 bits per heavy atom. The first-order chi connectivity index (χ1) is 15.4.